The Kier molecular flexibility index (Phi) is 5.52. The van der Waals surface area contributed by atoms with Crippen molar-refractivity contribution < 1.29 is 27.5 Å². The van der Waals surface area contributed by atoms with Crippen molar-refractivity contribution in [1.29, 1.82) is 0 Å². The van der Waals surface area contributed by atoms with Crippen LogP contribution in [0.15, 0.2) is 24.4 Å². The summed E-state index contributed by atoms with van der Waals surface area (Å²) in [6, 6.07) is 4.72. The molecule has 0 radical (unpaired) electrons. The van der Waals surface area contributed by atoms with Crippen molar-refractivity contribution in [2.45, 2.75) is 77.0 Å². The van der Waals surface area contributed by atoms with E-state index in [1.807, 2.05) is 18.2 Å². The minimum atomic E-state index is -4.57. The first-order chi connectivity index (χ1) is 14.4. The summed E-state index contributed by atoms with van der Waals surface area (Å²) in [5.41, 5.74) is 0.0904. The minimum absolute atomic E-state index is 0.0988. The Morgan fingerprint density at radius 2 is 1.87 bits per heavy atom. The van der Waals surface area contributed by atoms with E-state index >= 15 is 0 Å². The molecule has 4 heterocycles. The van der Waals surface area contributed by atoms with Gasteiger partial charge in [0.05, 0.1) is 17.2 Å². The van der Waals surface area contributed by atoms with E-state index in [1.165, 1.54) is 4.90 Å². The third kappa shape index (κ3) is 4.42. The van der Waals surface area contributed by atoms with E-state index in [2.05, 4.69) is 9.88 Å². The Morgan fingerprint density at radius 3 is 2.48 bits per heavy atom. The summed E-state index contributed by atoms with van der Waals surface area (Å²) in [6.07, 6.45) is -3.57. The van der Waals surface area contributed by atoms with Crippen LogP contribution in [0.2, 0.25) is 0 Å². The van der Waals surface area contributed by atoms with Crippen LogP contribution in [0.3, 0.4) is 0 Å². The van der Waals surface area contributed by atoms with E-state index in [4.69, 9.17) is 4.74 Å². The van der Waals surface area contributed by atoms with Gasteiger partial charge in [-0.15, -0.1) is 0 Å². The van der Waals surface area contributed by atoms with Gasteiger partial charge in [0.2, 0.25) is 5.91 Å². The SMILES string of the molecule is CC(C)(C)C(=O)OC1C2C3CC(CC1N3Cc1ccccn1)CN2C(=O)CC(F)(F)F. The molecule has 5 unspecified atom stereocenters. The maximum absolute atomic E-state index is 13.0. The van der Waals surface area contributed by atoms with Gasteiger partial charge < -0.3 is 9.64 Å². The van der Waals surface area contributed by atoms with Crippen LogP contribution in [0, 0.1) is 11.3 Å². The van der Waals surface area contributed by atoms with Crippen molar-refractivity contribution in [2.75, 3.05) is 6.54 Å². The Morgan fingerprint density at radius 1 is 1.16 bits per heavy atom. The highest BCUT2D eigenvalue weighted by Gasteiger charge is 2.61. The highest BCUT2D eigenvalue weighted by Crippen LogP contribution is 2.48. The van der Waals surface area contributed by atoms with Crippen molar-refractivity contribution in [1.82, 2.24) is 14.8 Å². The summed E-state index contributed by atoms with van der Waals surface area (Å²) >= 11 is 0. The summed E-state index contributed by atoms with van der Waals surface area (Å²) in [5.74, 6) is -1.25. The number of hydrogen-bond donors (Lipinski definition) is 0. The number of carbonyl (C=O) groups excluding carboxylic acids is 2. The molecule has 3 fully saturated rings. The summed E-state index contributed by atoms with van der Waals surface area (Å²) in [5, 5.41) is 0. The van der Waals surface area contributed by atoms with Gasteiger partial charge in [0.1, 0.15) is 12.5 Å². The molecule has 1 amide bonds. The zero-order valence-electron chi connectivity index (χ0n) is 17.9. The number of likely N-dealkylation sites (tertiary alicyclic amines) is 1. The predicted molar refractivity (Wildman–Crippen MR) is 106 cm³/mol. The predicted octanol–water partition coefficient (Wildman–Crippen LogP) is 3.17. The van der Waals surface area contributed by atoms with Crippen LogP contribution < -0.4 is 0 Å². The smallest absolute Gasteiger partial charge is 0.397 e. The third-order valence-corrected chi connectivity index (χ3v) is 6.52. The van der Waals surface area contributed by atoms with Gasteiger partial charge in [-0.2, -0.15) is 13.2 Å². The lowest BCUT2D eigenvalue weighted by Crippen LogP contribution is -2.58. The van der Waals surface area contributed by atoms with E-state index in [0.717, 1.165) is 12.1 Å². The van der Waals surface area contributed by atoms with Gasteiger partial charge >= 0.3 is 12.1 Å². The monoisotopic (exact) mass is 439 g/mol. The second-order valence-electron chi connectivity index (χ2n) is 9.91. The average Bonchev–Trinajstić information content (AvgIpc) is 2.78. The molecule has 3 saturated heterocycles. The van der Waals surface area contributed by atoms with Crippen LogP contribution in [0.4, 0.5) is 13.2 Å². The molecule has 4 rings (SSSR count). The van der Waals surface area contributed by atoms with Gasteiger partial charge in [-0.25, -0.2) is 0 Å². The fraction of sp³-hybridized carbons (Fsp3) is 0.682. The van der Waals surface area contributed by atoms with Crippen LogP contribution in [-0.4, -0.2) is 63.6 Å². The normalized spacial score (nSPS) is 30.5. The summed E-state index contributed by atoms with van der Waals surface area (Å²) in [4.78, 5) is 33.3. The van der Waals surface area contributed by atoms with Crippen LogP contribution in [0.25, 0.3) is 0 Å². The number of alkyl halides is 3. The van der Waals surface area contributed by atoms with Gasteiger partial charge in [0.25, 0.3) is 0 Å². The Hall–Kier alpha value is -2.16. The number of esters is 1. The summed E-state index contributed by atoms with van der Waals surface area (Å²) < 4.78 is 44.9. The standard InChI is InChI=1S/C22H28F3N3O3/c1-21(2,3)20(30)31-19-16-9-13-8-15(27(16)12-14-6-4-5-7-26-14)18(19)28(11-13)17(29)10-22(23,24)25/h4-7,13,15-16,18-19H,8-12H2,1-3H3. The quantitative estimate of drug-likeness (QED) is 0.675. The van der Waals surface area contributed by atoms with E-state index in [9.17, 15) is 22.8 Å². The molecule has 170 valence electrons. The molecular weight excluding hydrogens is 411 g/mol. The van der Waals surface area contributed by atoms with Crippen LogP contribution in [0.5, 0.6) is 0 Å². The van der Waals surface area contributed by atoms with E-state index in [1.54, 1.807) is 27.0 Å². The maximum atomic E-state index is 13.0. The van der Waals surface area contributed by atoms with Crippen molar-refractivity contribution in [3.63, 3.8) is 0 Å². The van der Waals surface area contributed by atoms with Crippen molar-refractivity contribution in [2.24, 2.45) is 11.3 Å². The van der Waals surface area contributed by atoms with Gasteiger partial charge in [0.15, 0.2) is 0 Å². The molecule has 5 atom stereocenters. The molecular formula is C22H28F3N3O3. The molecule has 0 spiro atoms. The number of amides is 1. The molecule has 3 aliphatic heterocycles. The largest absolute Gasteiger partial charge is 0.458 e. The highest BCUT2D eigenvalue weighted by atomic mass is 19.4. The molecule has 31 heavy (non-hydrogen) atoms. The van der Waals surface area contributed by atoms with E-state index < -0.39 is 42.0 Å². The third-order valence-electron chi connectivity index (χ3n) is 6.52. The molecule has 3 aliphatic rings. The number of hydrogen-bond acceptors (Lipinski definition) is 5. The number of piperidine rings is 2. The lowest BCUT2D eigenvalue weighted by molar-refractivity contribution is -0.171. The van der Waals surface area contributed by atoms with E-state index in [-0.39, 0.29) is 24.5 Å². The molecule has 0 aromatic carbocycles. The number of pyridine rings is 1. The molecule has 1 aromatic heterocycles. The van der Waals surface area contributed by atoms with Gasteiger partial charge in [0, 0.05) is 31.4 Å². The highest BCUT2D eigenvalue weighted by molar-refractivity contribution is 5.78. The zero-order chi connectivity index (χ0) is 22.6. The Labute approximate surface area is 179 Å². The molecule has 9 heteroatoms. The lowest BCUT2D eigenvalue weighted by Gasteiger charge is -2.46. The van der Waals surface area contributed by atoms with Gasteiger partial charge in [-0.3, -0.25) is 19.5 Å². The second-order valence-corrected chi connectivity index (χ2v) is 9.91. The number of aromatic nitrogens is 1. The average molecular weight is 439 g/mol. The molecule has 6 nitrogen and oxygen atoms in total. The number of fused-ring (bicyclic) bond motifs is 2. The number of rotatable bonds is 4. The van der Waals surface area contributed by atoms with Crippen LogP contribution in [-0.2, 0) is 20.9 Å². The molecule has 0 aliphatic carbocycles. The van der Waals surface area contributed by atoms with E-state index in [0.29, 0.717) is 13.0 Å². The summed E-state index contributed by atoms with van der Waals surface area (Å²) in [6.45, 7) is 6.02. The number of halogens is 3. The van der Waals surface area contributed by atoms with Crippen LogP contribution >= 0.6 is 0 Å². The first-order valence-electron chi connectivity index (χ1n) is 10.7. The summed E-state index contributed by atoms with van der Waals surface area (Å²) in [7, 11) is 0. The number of carbonyl (C=O) groups is 2. The number of ether oxygens (including phenoxy) is 1. The second kappa shape index (κ2) is 7.76. The zero-order valence-corrected chi connectivity index (χ0v) is 17.9. The van der Waals surface area contributed by atoms with Crippen molar-refractivity contribution >= 4 is 11.9 Å². The Bertz CT molecular complexity index is 840. The van der Waals surface area contributed by atoms with Gasteiger partial charge in [-0.05, 0) is 51.7 Å². The topological polar surface area (TPSA) is 62.7 Å². The fourth-order valence-electron chi connectivity index (χ4n) is 5.24. The minimum Gasteiger partial charge on any atom is -0.458 e. The Balaban J connectivity index is 1.65. The fourth-order valence-corrected chi connectivity index (χ4v) is 5.24. The van der Waals surface area contributed by atoms with Crippen LogP contribution in [0.1, 0.15) is 45.7 Å². The molecule has 3 bridgehead atoms. The first kappa shape index (κ1) is 22.0. The molecule has 1 aromatic rings. The lowest BCUT2D eigenvalue weighted by atomic mass is 9.86. The van der Waals surface area contributed by atoms with Crippen molar-refractivity contribution in [3.8, 4) is 0 Å². The van der Waals surface area contributed by atoms with Gasteiger partial charge in [-0.1, -0.05) is 6.07 Å². The first-order valence-corrected chi connectivity index (χ1v) is 10.7. The molecule has 0 saturated carbocycles. The van der Waals surface area contributed by atoms with Crippen molar-refractivity contribution in [3.05, 3.63) is 30.1 Å². The molecule has 0 N–H and O–H groups in total. The maximum Gasteiger partial charge on any atom is 0.397 e. The number of nitrogens with zero attached hydrogens (tertiary/aromatic N) is 3.